The average molecular weight is 497 g/mol. The molecule has 0 fully saturated rings. The lowest BCUT2D eigenvalue weighted by atomic mass is 9.86. The van der Waals surface area contributed by atoms with Crippen LogP contribution in [-0.4, -0.2) is 0 Å². The molecule has 3 aromatic carbocycles. The van der Waals surface area contributed by atoms with Gasteiger partial charge in [-0.1, -0.05) is 171 Å². The van der Waals surface area contributed by atoms with E-state index in [4.69, 9.17) is 0 Å². The minimum atomic E-state index is 0. The summed E-state index contributed by atoms with van der Waals surface area (Å²) < 4.78 is 0. The fraction of sp³-hybridized carbons (Fsp3) is 0.444. The van der Waals surface area contributed by atoms with Crippen molar-refractivity contribution in [3.05, 3.63) is 118 Å². The largest absolute Gasteiger partial charge is 0.0838 e. The molecule has 0 radical (unpaired) electrons. The van der Waals surface area contributed by atoms with Gasteiger partial charge in [0.1, 0.15) is 0 Å². The van der Waals surface area contributed by atoms with Gasteiger partial charge in [-0.2, -0.15) is 0 Å². The number of benzene rings is 3. The van der Waals surface area contributed by atoms with Gasteiger partial charge in [0.2, 0.25) is 0 Å². The molecule has 3 aromatic rings. The van der Waals surface area contributed by atoms with Crippen LogP contribution in [0, 0.1) is 0 Å². The third kappa shape index (κ3) is 14.1. The maximum atomic E-state index is 2.24. The Hall–Kier alpha value is -2.60. The molecule has 0 aromatic heterocycles. The van der Waals surface area contributed by atoms with E-state index in [9.17, 15) is 0 Å². The van der Waals surface area contributed by atoms with E-state index in [1.54, 1.807) is 0 Å². The fourth-order valence-corrected chi connectivity index (χ4v) is 3.59. The third-order valence-corrected chi connectivity index (χ3v) is 4.96. The molecule has 0 bridgehead atoms. The Morgan fingerprint density at radius 3 is 0.750 bits per heavy atom. The minimum Gasteiger partial charge on any atom is -0.0838 e. The van der Waals surface area contributed by atoms with Gasteiger partial charge < -0.3 is 0 Å². The molecular formula is C36H64. The Morgan fingerprint density at radius 1 is 0.333 bits per heavy atom. The maximum absolute atomic E-state index is 2.24. The summed E-state index contributed by atoms with van der Waals surface area (Å²) in [6, 6.07) is 26.1. The zero-order valence-electron chi connectivity index (χ0n) is 19.9. The first-order valence-electron chi connectivity index (χ1n) is 11.8. The highest BCUT2D eigenvalue weighted by atomic mass is 14.2. The second kappa shape index (κ2) is 28.6. The lowest BCUT2D eigenvalue weighted by Crippen LogP contribution is -2.06. The topological polar surface area (TPSA) is 0 Å². The van der Waals surface area contributed by atoms with E-state index in [0.29, 0.717) is 0 Å². The molecular weight excluding hydrogens is 432 g/mol. The van der Waals surface area contributed by atoms with Crippen LogP contribution in [0.3, 0.4) is 0 Å². The molecule has 0 heterocycles. The van der Waals surface area contributed by atoms with Crippen LogP contribution in [0.2, 0.25) is 0 Å². The average Bonchev–Trinajstić information content (AvgIpc) is 2.87. The van der Waals surface area contributed by atoms with Crippen LogP contribution in [0.15, 0.2) is 84.9 Å². The number of fused-ring (bicyclic) bond motifs is 3. The van der Waals surface area contributed by atoms with Crippen LogP contribution < -0.4 is 0 Å². The first kappa shape index (κ1) is 46.7. The predicted octanol–water partition coefficient (Wildman–Crippen LogP) is 12.4. The summed E-state index contributed by atoms with van der Waals surface area (Å²) in [5.41, 5.74) is 8.95. The van der Waals surface area contributed by atoms with Gasteiger partial charge in [-0.25, -0.2) is 0 Å². The molecule has 0 spiro atoms. The van der Waals surface area contributed by atoms with Gasteiger partial charge in [-0.15, -0.1) is 0 Å². The monoisotopic (exact) mass is 497 g/mol. The summed E-state index contributed by atoms with van der Waals surface area (Å²) in [7, 11) is 0. The van der Waals surface area contributed by atoms with Gasteiger partial charge in [-0.3, -0.25) is 0 Å². The molecule has 0 aliphatic heterocycles. The van der Waals surface area contributed by atoms with Crippen molar-refractivity contribution in [3.8, 4) is 0 Å². The van der Waals surface area contributed by atoms with E-state index in [1.807, 2.05) is 41.5 Å². The van der Waals surface area contributed by atoms with Crippen LogP contribution in [0.25, 0.3) is 0 Å². The smallest absolute Gasteiger partial charge is 0.00201 e. The van der Waals surface area contributed by atoms with E-state index in [2.05, 4.69) is 84.9 Å². The highest BCUT2D eigenvalue weighted by Gasteiger charge is 2.13. The van der Waals surface area contributed by atoms with Gasteiger partial charge in [0.25, 0.3) is 0 Å². The van der Waals surface area contributed by atoms with Gasteiger partial charge in [0.15, 0.2) is 0 Å². The normalized spacial score (nSPS) is 9.72. The van der Waals surface area contributed by atoms with Crippen molar-refractivity contribution in [2.45, 2.75) is 112 Å². The fourth-order valence-electron chi connectivity index (χ4n) is 3.59. The van der Waals surface area contributed by atoms with Crippen molar-refractivity contribution in [2.24, 2.45) is 0 Å². The summed E-state index contributed by atoms with van der Waals surface area (Å²) in [5, 5.41) is 0. The second-order valence-corrected chi connectivity index (χ2v) is 6.54. The molecule has 0 nitrogen and oxygen atoms in total. The van der Waals surface area contributed by atoms with E-state index >= 15 is 0 Å². The zero-order valence-corrected chi connectivity index (χ0v) is 19.9. The molecule has 0 heteroatoms. The summed E-state index contributed by atoms with van der Waals surface area (Å²) in [6.45, 7) is 12.0. The first-order chi connectivity index (χ1) is 14.9. The Bertz CT molecular complexity index is 756. The van der Waals surface area contributed by atoms with Gasteiger partial charge in [0.05, 0.1) is 0 Å². The van der Waals surface area contributed by atoms with Crippen molar-refractivity contribution < 1.29 is 0 Å². The molecule has 2 aliphatic rings. The van der Waals surface area contributed by atoms with Gasteiger partial charge in [0, 0.05) is 0 Å². The number of allylic oxidation sites excluding steroid dienone is 2. The number of hydrogen-bond acceptors (Lipinski definition) is 0. The molecule has 36 heavy (non-hydrogen) atoms. The van der Waals surface area contributed by atoms with Crippen LogP contribution in [-0.2, 0) is 25.7 Å². The zero-order chi connectivity index (χ0) is 22.2. The van der Waals surface area contributed by atoms with Crippen LogP contribution >= 0.6 is 0 Å². The van der Waals surface area contributed by atoms with Crippen molar-refractivity contribution >= 4 is 0 Å². The molecule has 0 saturated heterocycles. The summed E-state index contributed by atoms with van der Waals surface area (Å²) in [4.78, 5) is 0. The predicted molar refractivity (Wildman–Crippen MR) is 176 cm³/mol. The summed E-state index contributed by atoms with van der Waals surface area (Å²) in [6.07, 6.45) is 8.93. The molecule has 2 aliphatic carbocycles. The van der Waals surface area contributed by atoms with Crippen LogP contribution in [0.1, 0.15) is 119 Å². The molecule has 5 rings (SSSR count). The van der Waals surface area contributed by atoms with E-state index in [-0.39, 0.29) is 44.6 Å². The van der Waals surface area contributed by atoms with Gasteiger partial charge in [-0.05, 0) is 59.1 Å². The molecule has 0 N–H and O–H groups in total. The summed E-state index contributed by atoms with van der Waals surface area (Å²) in [5.74, 6) is 0. The van der Waals surface area contributed by atoms with Crippen LogP contribution in [0.4, 0.5) is 0 Å². The Kier molecular flexibility index (Phi) is 37.1. The van der Waals surface area contributed by atoms with E-state index in [1.165, 1.54) is 33.4 Å². The lowest BCUT2D eigenvalue weighted by Gasteiger charge is -2.18. The van der Waals surface area contributed by atoms with Crippen LogP contribution in [0.5, 0.6) is 0 Å². The molecule has 0 saturated carbocycles. The Morgan fingerprint density at radius 2 is 0.528 bits per heavy atom. The number of hydrogen-bond donors (Lipinski definition) is 0. The molecule has 0 atom stereocenters. The maximum Gasteiger partial charge on any atom is -0.00201 e. The Balaban J connectivity index is -0.0000000929. The first-order valence-corrected chi connectivity index (χ1v) is 11.8. The van der Waals surface area contributed by atoms with Crippen molar-refractivity contribution in [1.82, 2.24) is 0 Å². The summed E-state index contributed by atoms with van der Waals surface area (Å²) >= 11 is 0. The standard InChI is InChI=1S/C14H12.C10H10.3C2H6.6CH4/c1-2-6-12-10-14-8-4-3-7-13(14)9-11(12)5-1;1-2-6-10-8-4-3-7-9(10)5-1;3*1-2;;;;;;/h1-8H,9-10H2;1-6H,7-8H2;3*1-2H3;6*1H4. The van der Waals surface area contributed by atoms with Crippen molar-refractivity contribution in [1.29, 1.82) is 0 Å². The Labute approximate surface area is 229 Å². The van der Waals surface area contributed by atoms with Gasteiger partial charge >= 0.3 is 0 Å². The number of rotatable bonds is 0. The van der Waals surface area contributed by atoms with Crippen molar-refractivity contribution in [2.75, 3.05) is 0 Å². The SMILES string of the molecule is C.C.C.C.C.C.C1=CCc2ccccc2C1.CC.CC.CC.c1ccc2c(c1)Cc1ccccc1C2. The quantitative estimate of drug-likeness (QED) is 0.212. The lowest BCUT2D eigenvalue weighted by molar-refractivity contribution is 1.00. The van der Waals surface area contributed by atoms with E-state index in [0.717, 1.165) is 25.7 Å². The molecule has 0 amide bonds. The van der Waals surface area contributed by atoms with E-state index < -0.39 is 0 Å². The van der Waals surface area contributed by atoms with Crippen molar-refractivity contribution in [3.63, 3.8) is 0 Å². The second-order valence-electron chi connectivity index (χ2n) is 6.54. The third-order valence-electron chi connectivity index (χ3n) is 4.96. The highest BCUT2D eigenvalue weighted by molar-refractivity contribution is 5.44. The minimum absolute atomic E-state index is 0. The highest BCUT2D eigenvalue weighted by Crippen LogP contribution is 2.26. The molecule has 0 unspecified atom stereocenters. The molecule has 208 valence electrons.